The van der Waals surface area contributed by atoms with Crippen LogP contribution in [0.2, 0.25) is 0 Å². The van der Waals surface area contributed by atoms with Gasteiger partial charge >= 0.3 is 0 Å². The number of rotatable bonds is 6. The standard InChI is InChI=1S/C50H33NO/c1-2-14-34(15-3-1)39-18-6-9-25-47(39)51(37-31-28-36(29-32-37)40-21-12-24-46-45-20-8-11-27-49(45)52-50(40)46)48-26-10-7-19-44(48)42-23-13-22-41-38-17-5-4-16-35(38)30-33-43(41)42/h1-33H. The lowest BCUT2D eigenvalue weighted by atomic mass is 9.93. The quantitative estimate of drug-likeness (QED) is 0.165. The molecule has 1 heterocycles. The average Bonchev–Trinajstić information content (AvgIpc) is 3.61. The van der Waals surface area contributed by atoms with Gasteiger partial charge in [-0.25, -0.2) is 0 Å². The molecular weight excluding hydrogens is 631 g/mol. The van der Waals surface area contributed by atoms with Gasteiger partial charge in [0.2, 0.25) is 0 Å². The number of anilines is 3. The summed E-state index contributed by atoms with van der Waals surface area (Å²) in [6.45, 7) is 0. The van der Waals surface area contributed by atoms with Crippen molar-refractivity contribution in [3.05, 3.63) is 200 Å². The van der Waals surface area contributed by atoms with Gasteiger partial charge in [-0.05, 0) is 68.6 Å². The van der Waals surface area contributed by atoms with Gasteiger partial charge in [-0.2, -0.15) is 0 Å². The normalized spacial score (nSPS) is 11.5. The van der Waals surface area contributed by atoms with Crippen LogP contribution in [0.4, 0.5) is 17.1 Å². The highest BCUT2D eigenvalue weighted by Crippen LogP contribution is 2.46. The Balaban J connectivity index is 1.18. The van der Waals surface area contributed by atoms with Crippen LogP contribution < -0.4 is 4.90 Å². The van der Waals surface area contributed by atoms with Crippen LogP contribution in [0, 0.1) is 0 Å². The maximum absolute atomic E-state index is 6.44. The minimum absolute atomic E-state index is 0.906. The smallest absolute Gasteiger partial charge is 0.143 e. The number of hydrogen-bond acceptors (Lipinski definition) is 2. The molecule has 0 atom stereocenters. The Hall–Kier alpha value is -6.90. The molecular formula is C50H33NO. The predicted molar refractivity (Wildman–Crippen MR) is 220 cm³/mol. The van der Waals surface area contributed by atoms with E-state index in [9.17, 15) is 0 Å². The number of fused-ring (bicyclic) bond motifs is 6. The third kappa shape index (κ3) is 4.96. The van der Waals surface area contributed by atoms with Crippen molar-refractivity contribution in [2.75, 3.05) is 4.90 Å². The highest BCUT2D eigenvalue weighted by Gasteiger charge is 2.22. The molecule has 0 unspecified atom stereocenters. The molecule has 244 valence electrons. The first-order chi connectivity index (χ1) is 25.8. The molecule has 0 aliphatic heterocycles. The third-order valence-electron chi connectivity index (χ3n) is 10.3. The van der Waals surface area contributed by atoms with Crippen LogP contribution >= 0.6 is 0 Å². The SMILES string of the molecule is c1ccc(-c2ccccc2N(c2ccc(-c3cccc4c3oc3ccccc34)cc2)c2ccccc2-c2cccc3c2ccc2ccccc23)cc1. The zero-order chi connectivity index (χ0) is 34.4. The molecule has 2 nitrogen and oxygen atoms in total. The second-order valence-corrected chi connectivity index (χ2v) is 13.3. The summed E-state index contributed by atoms with van der Waals surface area (Å²) in [5.74, 6) is 0. The summed E-state index contributed by atoms with van der Waals surface area (Å²) in [6.07, 6.45) is 0. The average molecular weight is 664 g/mol. The second-order valence-electron chi connectivity index (χ2n) is 13.3. The maximum Gasteiger partial charge on any atom is 0.143 e. The molecule has 0 radical (unpaired) electrons. The monoisotopic (exact) mass is 663 g/mol. The molecule has 2 heteroatoms. The van der Waals surface area contributed by atoms with Crippen molar-refractivity contribution in [1.29, 1.82) is 0 Å². The highest BCUT2D eigenvalue weighted by atomic mass is 16.3. The van der Waals surface area contributed by atoms with Gasteiger partial charge in [0.05, 0.1) is 11.4 Å². The molecule has 10 rings (SSSR count). The van der Waals surface area contributed by atoms with Gasteiger partial charge in [0, 0.05) is 33.2 Å². The fourth-order valence-corrected chi connectivity index (χ4v) is 7.87. The van der Waals surface area contributed by atoms with Crippen LogP contribution in [0.1, 0.15) is 0 Å². The zero-order valence-electron chi connectivity index (χ0n) is 28.4. The van der Waals surface area contributed by atoms with Crippen molar-refractivity contribution < 1.29 is 4.42 Å². The molecule has 0 aliphatic rings. The first-order valence-corrected chi connectivity index (χ1v) is 17.8. The largest absolute Gasteiger partial charge is 0.455 e. The highest BCUT2D eigenvalue weighted by molar-refractivity contribution is 6.13. The Morgan fingerprint density at radius 1 is 0.308 bits per heavy atom. The van der Waals surface area contributed by atoms with Crippen LogP contribution in [0.5, 0.6) is 0 Å². The Labute approximate surface area is 302 Å². The molecule has 0 saturated carbocycles. The molecule has 0 N–H and O–H groups in total. The minimum atomic E-state index is 0.906. The number of furan rings is 1. The number of nitrogens with zero attached hydrogens (tertiary/aromatic N) is 1. The summed E-state index contributed by atoms with van der Waals surface area (Å²) in [4.78, 5) is 2.42. The first kappa shape index (κ1) is 30.0. The Morgan fingerprint density at radius 3 is 1.71 bits per heavy atom. The van der Waals surface area contributed by atoms with Gasteiger partial charge in [-0.15, -0.1) is 0 Å². The Bertz CT molecular complexity index is 2900. The molecule has 0 aliphatic carbocycles. The minimum Gasteiger partial charge on any atom is -0.455 e. The van der Waals surface area contributed by atoms with Crippen LogP contribution in [0.3, 0.4) is 0 Å². The number of hydrogen-bond donors (Lipinski definition) is 0. The summed E-state index contributed by atoms with van der Waals surface area (Å²) >= 11 is 0. The van der Waals surface area contributed by atoms with Gasteiger partial charge < -0.3 is 9.32 Å². The van der Waals surface area contributed by atoms with Crippen LogP contribution in [-0.2, 0) is 0 Å². The van der Waals surface area contributed by atoms with Crippen LogP contribution in [0.25, 0.3) is 76.9 Å². The molecule has 0 fully saturated rings. The Kier molecular flexibility index (Phi) is 7.18. The molecule has 1 aromatic heterocycles. The maximum atomic E-state index is 6.44. The molecule has 0 saturated heterocycles. The summed E-state index contributed by atoms with van der Waals surface area (Å²) in [7, 11) is 0. The van der Waals surface area contributed by atoms with E-state index in [-0.39, 0.29) is 0 Å². The lowest BCUT2D eigenvalue weighted by molar-refractivity contribution is 0.670. The van der Waals surface area contributed by atoms with Gasteiger partial charge in [0.15, 0.2) is 0 Å². The van der Waals surface area contributed by atoms with Crippen molar-refractivity contribution in [1.82, 2.24) is 0 Å². The van der Waals surface area contributed by atoms with E-state index in [1.807, 2.05) is 12.1 Å². The van der Waals surface area contributed by atoms with Crippen molar-refractivity contribution in [2.24, 2.45) is 0 Å². The predicted octanol–water partition coefficient (Wildman–Crippen LogP) is 14.4. The van der Waals surface area contributed by atoms with E-state index >= 15 is 0 Å². The van der Waals surface area contributed by atoms with Crippen LogP contribution in [-0.4, -0.2) is 0 Å². The van der Waals surface area contributed by atoms with Gasteiger partial charge in [0.1, 0.15) is 11.2 Å². The summed E-state index contributed by atoms with van der Waals surface area (Å²) in [5.41, 5.74) is 12.0. The van der Waals surface area contributed by atoms with E-state index in [1.54, 1.807) is 0 Å². The van der Waals surface area contributed by atoms with Gasteiger partial charge in [-0.1, -0.05) is 170 Å². The van der Waals surface area contributed by atoms with E-state index in [4.69, 9.17) is 4.42 Å². The van der Waals surface area contributed by atoms with Crippen LogP contribution in [0.15, 0.2) is 205 Å². The lowest BCUT2D eigenvalue weighted by Gasteiger charge is -2.30. The fourth-order valence-electron chi connectivity index (χ4n) is 7.87. The van der Waals surface area contributed by atoms with Gasteiger partial charge in [-0.3, -0.25) is 0 Å². The topological polar surface area (TPSA) is 16.4 Å². The first-order valence-electron chi connectivity index (χ1n) is 17.8. The summed E-state index contributed by atoms with van der Waals surface area (Å²) in [5, 5.41) is 7.27. The number of para-hydroxylation sites is 4. The van der Waals surface area contributed by atoms with E-state index in [1.165, 1.54) is 38.2 Å². The third-order valence-corrected chi connectivity index (χ3v) is 10.3. The molecule has 0 amide bonds. The second kappa shape index (κ2) is 12.5. The molecule has 9 aromatic carbocycles. The van der Waals surface area contributed by atoms with E-state index in [0.717, 1.165) is 55.7 Å². The van der Waals surface area contributed by atoms with Crippen molar-refractivity contribution >= 4 is 60.5 Å². The lowest BCUT2D eigenvalue weighted by Crippen LogP contribution is -2.12. The molecule has 0 bridgehead atoms. The fraction of sp³-hybridized carbons (Fsp3) is 0. The molecule has 10 aromatic rings. The summed E-state index contributed by atoms with van der Waals surface area (Å²) < 4.78 is 6.44. The molecule has 0 spiro atoms. The van der Waals surface area contributed by atoms with E-state index < -0.39 is 0 Å². The van der Waals surface area contributed by atoms with E-state index in [2.05, 4.69) is 193 Å². The Morgan fingerprint density at radius 2 is 0.885 bits per heavy atom. The zero-order valence-corrected chi connectivity index (χ0v) is 28.4. The van der Waals surface area contributed by atoms with Crippen molar-refractivity contribution in [2.45, 2.75) is 0 Å². The number of benzene rings is 9. The van der Waals surface area contributed by atoms with Crippen molar-refractivity contribution in [3.8, 4) is 33.4 Å². The van der Waals surface area contributed by atoms with Crippen molar-refractivity contribution in [3.63, 3.8) is 0 Å². The van der Waals surface area contributed by atoms with Gasteiger partial charge in [0.25, 0.3) is 0 Å². The molecule has 52 heavy (non-hydrogen) atoms. The summed E-state index contributed by atoms with van der Waals surface area (Å²) in [6, 6.07) is 71.7. The van der Waals surface area contributed by atoms with E-state index in [0.29, 0.717) is 0 Å².